The summed E-state index contributed by atoms with van der Waals surface area (Å²) >= 11 is 0. The van der Waals surface area contributed by atoms with Crippen molar-refractivity contribution in [3.63, 3.8) is 0 Å². The Bertz CT molecular complexity index is 499. The molecule has 0 unspecified atom stereocenters. The van der Waals surface area contributed by atoms with Crippen LogP contribution in [0.25, 0.3) is 10.8 Å². The number of benzene rings is 2. The second kappa shape index (κ2) is 8.55. The summed E-state index contributed by atoms with van der Waals surface area (Å²) in [5.41, 5.74) is 0.758. The molecule has 0 aliphatic carbocycles. The van der Waals surface area contributed by atoms with Gasteiger partial charge in [0.05, 0.1) is 0 Å². The van der Waals surface area contributed by atoms with Crippen molar-refractivity contribution in [2.24, 2.45) is 0 Å². The van der Waals surface area contributed by atoms with Gasteiger partial charge in [-0.05, 0) is 10.8 Å². The van der Waals surface area contributed by atoms with Crippen molar-refractivity contribution < 1.29 is 14.7 Å². The molecule has 2 rings (SSSR count). The molecular formula is C13H13KO3. The Kier molecular flexibility index (Phi) is 8.29. The summed E-state index contributed by atoms with van der Waals surface area (Å²) < 4.78 is 0. The Hall–Kier alpha value is -0.524. The fourth-order valence-electron chi connectivity index (χ4n) is 1.35. The molecule has 2 aromatic rings. The van der Waals surface area contributed by atoms with Crippen LogP contribution < -0.4 is 0 Å². The van der Waals surface area contributed by atoms with Crippen LogP contribution in [0.15, 0.2) is 42.5 Å². The van der Waals surface area contributed by atoms with Crippen LogP contribution in [0.5, 0.6) is 0 Å². The number of fused-ring (bicyclic) bond motifs is 1. The fraction of sp³-hybridized carbons (Fsp3) is 0.0769. The van der Waals surface area contributed by atoms with Gasteiger partial charge in [-0.15, -0.1) is 0 Å². The molecule has 2 aromatic carbocycles. The number of carboxylic acid groups (broad SMARTS) is 1. The number of carboxylic acids is 1. The summed E-state index contributed by atoms with van der Waals surface area (Å²) in [5, 5.41) is 9.55. The number of aliphatic carboxylic acids is 1. The van der Waals surface area contributed by atoms with E-state index in [0.717, 1.165) is 29.5 Å². The second-order valence-corrected chi connectivity index (χ2v) is 3.21. The summed E-state index contributed by atoms with van der Waals surface area (Å²) in [6, 6.07) is 13.6. The molecule has 84 valence electrons. The predicted molar refractivity (Wildman–Crippen MR) is 69.8 cm³/mol. The molecule has 1 N–H and O–H groups in total. The van der Waals surface area contributed by atoms with E-state index < -0.39 is 5.97 Å². The van der Waals surface area contributed by atoms with Gasteiger partial charge in [0.15, 0.2) is 6.29 Å². The van der Waals surface area contributed by atoms with Crippen molar-refractivity contribution >= 4 is 74.4 Å². The van der Waals surface area contributed by atoms with Gasteiger partial charge in [-0.1, -0.05) is 42.5 Å². The van der Waals surface area contributed by atoms with E-state index in [4.69, 9.17) is 9.90 Å². The van der Waals surface area contributed by atoms with E-state index in [-0.39, 0.29) is 51.4 Å². The summed E-state index contributed by atoms with van der Waals surface area (Å²) in [7, 11) is 0. The molecule has 17 heavy (non-hydrogen) atoms. The molecule has 4 heteroatoms. The van der Waals surface area contributed by atoms with Crippen molar-refractivity contribution in [3.8, 4) is 0 Å². The molecule has 0 heterocycles. The van der Waals surface area contributed by atoms with Crippen LogP contribution >= 0.6 is 0 Å². The van der Waals surface area contributed by atoms with Crippen LogP contribution in [0, 0.1) is 0 Å². The Morgan fingerprint density at radius 1 is 1.12 bits per heavy atom. The van der Waals surface area contributed by atoms with E-state index in [1.54, 1.807) is 0 Å². The summed E-state index contributed by atoms with van der Waals surface area (Å²) in [5.74, 6) is -0.833. The van der Waals surface area contributed by atoms with Gasteiger partial charge in [-0.3, -0.25) is 9.59 Å². The van der Waals surface area contributed by atoms with Crippen LogP contribution in [0.3, 0.4) is 0 Å². The van der Waals surface area contributed by atoms with Crippen LogP contribution in [0.4, 0.5) is 0 Å². The van der Waals surface area contributed by atoms with Gasteiger partial charge in [-0.2, -0.15) is 0 Å². The molecule has 0 amide bonds. The molecule has 0 aliphatic heterocycles. The van der Waals surface area contributed by atoms with E-state index >= 15 is 0 Å². The maximum absolute atomic E-state index is 10.6. The van der Waals surface area contributed by atoms with Gasteiger partial charge >= 0.3 is 51.4 Å². The van der Waals surface area contributed by atoms with Crippen molar-refractivity contribution in [3.05, 3.63) is 48.0 Å². The first kappa shape index (κ1) is 16.5. The Labute approximate surface area is 142 Å². The fourth-order valence-corrected chi connectivity index (χ4v) is 1.35. The van der Waals surface area contributed by atoms with Crippen LogP contribution in [-0.4, -0.2) is 68.7 Å². The maximum atomic E-state index is 10.6. The zero-order chi connectivity index (χ0) is 12.0. The van der Waals surface area contributed by atoms with E-state index in [1.807, 2.05) is 42.5 Å². The monoisotopic (exact) mass is 256 g/mol. The standard InChI is InChI=1S/C11H8O.C2H4O2.K.H/c12-8-10-6-3-5-9-4-1-2-7-11(9)10;1-2(3)4;;/h1-8H;1H3,(H,3,4);;. The number of carbonyl (C=O) groups excluding carboxylic acids is 1. The molecule has 0 fully saturated rings. The zero-order valence-corrected chi connectivity index (χ0v) is 8.88. The van der Waals surface area contributed by atoms with Gasteiger partial charge in [0.1, 0.15) is 0 Å². The van der Waals surface area contributed by atoms with E-state index in [1.165, 1.54) is 0 Å². The average molecular weight is 256 g/mol. The Balaban J connectivity index is 0.000000453. The second-order valence-electron chi connectivity index (χ2n) is 3.21. The van der Waals surface area contributed by atoms with Crippen molar-refractivity contribution in [1.29, 1.82) is 0 Å². The number of aldehydes is 1. The minimum absolute atomic E-state index is 0. The summed E-state index contributed by atoms with van der Waals surface area (Å²) in [4.78, 5) is 19.6. The van der Waals surface area contributed by atoms with E-state index in [2.05, 4.69) is 0 Å². The predicted octanol–water partition coefficient (Wildman–Crippen LogP) is 2.09. The van der Waals surface area contributed by atoms with E-state index in [9.17, 15) is 4.79 Å². The molecule has 0 aromatic heterocycles. The Morgan fingerprint density at radius 2 is 1.65 bits per heavy atom. The van der Waals surface area contributed by atoms with Gasteiger partial charge in [-0.25, -0.2) is 0 Å². The molecule has 0 bridgehead atoms. The quantitative estimate of drug-likeness (QED) is 0.628. The van der Waals surface area contributed by atoms with Gasteiger partial charge < -0.3 is 5.11 Å². The molecule has 0 radical (unpaired) electrons. The third-order valence-electron chi connectivity index (χ3n) is 1.95. The molecule has 0 saturated heterocycles. The van der Waals surface area contributed by atoms with Crippen LogP contribution in [0.1, 0.15) is 17.3 Å². The van der Waals surface area contributed by atoms with Gasteiger partial charge in [0.25, 0.3) is 5.97 Å². The van der Waals surface area contributed by atoms with Gasteiger partial charge in [0, 0.05) is 12.5 Å². The number of hydrogen-bond acceptors (Lipinski definition) is 2. The van der Waals surface area contributed by atoms with Gasteiger partial charge in [0.2, 0.25) is 0 Å². The Morgan fingerprint density at radius 3 is 2.24 bits per heavy atom. The number of rotatable bonds is 1. The molecule has 3 nitrogen and oxygen atoms in total. The van der Waals surface area contributed by atoms with Crippen molar-refractivity contribution in [1.82, 2.24) is 0 Å². The van der Waals surface area contributed by atoms with Crippen LogP contribution in [-0.2, 0) is 4.79 Å². The molecule has 0 atom stereocenters. The first-order valence-corrected chi connectivity index (χ1v) is 4.77. The third kappa shape index (κ3) is 5.56. The molecular weight excluding hydrogens is 243 g/mol. The zero-order valence-electron chi connectivity index (χ0n) is 8.88. The molecule has 0 spiro atoms. The SMILES string of the molecule is CC(=O)O.O=Cc1cccc2ccccc12.[KH]. The van der Waals surface area contributed by atoms with Crippen molar-refractivity contribution in [2.45, 2.75) is 6.92 Å². The third-order valence-corrected chi connectivity index (χ3v) is 1.95. The average Bonchev–Trinajstić information content (AvgIpc) is 2.27. The minimum atomic E-state index is -0.833. The van der Waals surface area contributed by atoms with Crippen LogP contribution in [0.2, 0.25) is 0 Å². The normalized spacial score (nSPS) is 8.53. The van der Waals surface area contributed by atoms with E-state index in [0.29, 0.717) is 0 Å². The van der Waals surface area contributed by atoms with Crippen molar-refractivity contribution in [2.75, 3.05) is 0 Å². The first-order chi connectivity index (χ1) is 7.65. The summed E-state index contributed by atoms with van der Waals surface area (Å²) in [6.45, 7) is 1.08. The summed E-state index contributed by atoms with van der Waals surface area (Å²) in [6.07, 6.45) is 0.891. The first-order valence-electron chi connectivity index (χ1n) is 4.77. The number of hydrogen-bond donors (Lipinski definition) is 1. The molecule has 0 aliphatic rings. The topological polar surface area (TPSA) is 54.4 Å². The molecule has 0 saturated carbocycles. The number of carbonyl (C=O) groups is 2.